The van der Waals surface area contributed by atoms with Crippen molar-refractivity contribution in [2.24, 2.45) is 11.8 Å². The maximum atomic E-state index is 13.4. The van der Waals surface area contributed by atoms with Crippen molar-refractivity contribution in [1.29, 1.82) is 0 Å². The highest BCUT2D eigenvalue weighted by molar-refractivity contribution is 6.31. The topological polar surface area (TPSA) is 57.7 Å². The van der Waals surface area contributed by atoms with E-state index in [1.165, 1.54) is 4.90 Å². The average molecular weight is 409 g/mol. The molecule has 3 saturated heterocycles. The van der Waals surface area contributed by atoms with E-state index in [9.17, 15) is 14.4 Å². The number of carbonyl (C=O) groups is 3. The lowest BCUT2D eigenvalue weighted by molar-refractivity contribution is -0.123. The zero-order chi connectivity index (χ0) is 20.3. The summed E-state index contributed by atoms with van der Waals surface area (Å²) in [5.74, 6) is -1.68. The molecular weight excluding hydrogens is 388 g/mol. The van der Waals surface area contributed by atoms with E-state index in [-0.39, 0.29) is 23.6 Å². The molecule has 2 aromatic carbocycles. The molecule has 0 radical (unpaired) electrons. The Hall–Kier alpha value is -2.50. The average Bonchev–Trinajstić information content (AvgIpc) is 3.34. The number of ketones is 1. The molecular formula is C23H21ClN2O3. The summed E-state index contributed by atoms with van der Waals surface area (Å²) in [5.41, 5.74) is 2.14. The highest BCUT2D eigenvalue weighted by Gasteiger charge is 2.64. The predicted octanol–water partition coefficient (Wildman–Crippen LogP) is 3.48. The van der Waals surface area contributed by atoms with Gasteiger partial charge in [0.25, 0.3) is 0 Å². The SMILES string of the molecule is Cc1ccc(C(=O)[C@@H]2[C@@H]3C(=O)N(c4cccc(Cl)c4)C(=O)[C@@H]3[C@H]3CCCN32)cc1. The van der Waals surface area contributed by atoms with E-state index in [1.54, 1.807) is 24.3 Å². The number of amides is 2. The molecule has 5 nitrogen and oxygen atoms in total. The van der Waals surface area contributed by atoms with Crippen LogP contribution in [0.2, 0.25) is 5.02 Å². The third-order valence-electron chi connectivity index (χ3n) is 6.52. The van der Waals surface area contributed by atoms with Crippen LogP contribution in [0.15, 0.2) is 48.5 Å². The van der Waals surface area contributed by atoms with Gasteiger partial charge in [0.1, 0.15) is 0 Å². The third kappa shape index (κ3) is 2.75. The second kappa shape index (κ2) is 6.78. The summed E-state index contributed by atoms with van der Waals surface area (Å²) >= 11 is 6.09. The molecule has 3 aliphatic heterocycles. The predicted molar refractivity (Wildman–Crippen MR) is 110 cm³/mol. The number of carbonyl (C=O) groups excluding carboxylic acids is 3. The first-order valence-electron chi connectivity index (χ1n) is 9.97. The number of anilines is 1. The van der Waals surface area contributed by atoms with Gasteiger partial charge in [-0.3, -0.25) is 19.3 Å². The van der Waals surface area contributed by atoms with E-state index in [2.05, 4.69) is 4.90 Å². The molecule has 148 valence electrons. The van der Waals surface area contributed by atoms with Gasteiger partial charge >= 0.3 is 0 Å². The van der Waals surface area contributed by atoms with Gasteiger partial charge in [-0.05, 0) is 44.5 Å². The number of hydrogen-bond acceptors (Lipinski definition) is 4. The van der Waals surface area contributed by atoms with Crippen molar-refractivity contribution in [2.45, 2.75) is 31.8 Å². The summed E-state index contributed by atoms with van der Waals surface area (Å²) in [7, 11) is 0. The molecule has 0 unspecified atom stereocenters. The molecule has 2 amide bonds. The molecule has 0 N–H and O–H groups in total. The molecule has 29 heavy (non-hydrogen) atoms. The largest absolute Gasteiger partial charge is 0.292 e. The van der Waals surface area contributed by atoms with Crippen LogP contribution in [0.5, 0.6) is 0 Å². The number of imide groups is 1. The molecule has 2 aromatic rings. The van der Waals surface area contributed by atoms with Gasteiger partial charge < -0.3 is 0 Å². The number of hydrogen-bond donors (Lipinski definition) is 0. The van der Waals surface area contributed by atoms with Gasteiger partial charge in [0, 0.05) is 16.6 Å². The second-order valence-corrected chi connectivity index (χ2v) is 8.60. The summed E-state index contributed by atoms with van der Waals surface area (Å²) in [4.78, 5) is 43.5. The van der Waals surface area contributed by atoms with Gasteiger partial charge in [-0.1, -0.05) is 47.5 Å². The number of benzene rings is 2. The monoisotopic (exact) mass is 408 g/mol. The maximum absolute atomic E-state index is 13.4. The van der Waals surface area contributed by atoms with Gasteiger partial charge in [0.15, 0.2) is 5.78 Å². The Morgan fingerprint density at radius 2 is 1.76 bits per heavy atom. The lowest BCUT2D eigenvalue weighted by atomic mass is 9.85. The normalized spacial score (nSPS) is 28.7. The molecule has 5 rings (SSSR count). The van der Waals surface area contributed by atoms with Gasteiger partial charge in [0.05, 0.1) is 23.6 Å². The molecule has 6 heteroatoms. The fourth-order valence-electron chi connectivity index (χ4n) is 5.27. The molecule has 3 heterocycles. The van der Waals surface area contributed by atoms with Crippen LogP contribution in [0.4, 0.5) is 5.69 Å². The molecule has 0 saturated carbocycles. The number of rotatable bonds is 3. The molecule has 0 aromatic heterocycles. The van der Waals surface area contributed by atoms with Gasteiger partial charge in [-0.15, -0.1) is 0 Å². The van der Waals surface area contributed by atoms with E-state index in [0.29, 0.717) is 16.3 Å². The van der Waals surface area contributed by atoms with Crippen LogP contribution in [0.3, 0.4) is 0 Å². The Morgan fingerprint density at radius 3 is 2.48 bits per heavy atom. The number of aryl methyl sites for hydroxylation is 1. The minimum Gasteiger partial charge on any atom is -0.292 e. The van der Waals surface area contributed by atoms with Crippen LogP contribution < -0.4 is 4.90 Å². The first-order chi connectivity index (χ1) is 14.0. The van der Waals surface area contributed by atoms with Crippen molar-refractivity contribution in [3.05, 3.63) is 64.7 Å². The molecule has 0 spiro atoms. The standard InChI is InChI=1S/C23H21ClN2O3/c1-13-7-9-14(10-8-13)21(27)20-19-18(17-6-3-11-25(17)20)22(28)26(23(19)29)16-5-2-4-15(24)12-16/h2,4-5,7-10,12,17-20H,3,6,11H2,1H3/t17-,18-,19-,20+/m1/s1. The Kier molecular flexibility index (Phi) is 4.33. The van der Waals surface area contributed by atoms with Gasteiger partial charge in [-0.25, -0.2) is 4.90 Å². The Balaban J connectivity index is 1.55. The summed E-state index contributed by atoms with van der Waals surface area (Å²) in [6, 6.07) is 13.6. The first-order valence-corrected chi connectivity index (χ1v) is 10.3. The maximum Gasteiger partial charge on any atom is 0.239 e. The van der Waals surface area contributed by atoms with Crippen molar-refractivity contribution in [1.82, 2.24) is 4.90 Å². The van der Waals surface area contributed by atoms with E-state index >= 15 is 0 Å². The van der Waals surface area contributed by atoms with Gasteiger partial charge in [0.2, 0.25) is 11.8 Å². The highest BCUT2D eigenvalue weighted by atomic mass is 35.5. The Bertz CT molecular complexity index is 1020. The molecule has 4 atom stereocenters. The summed E-state index contributed by atoms with van der Waals surface area (Å²) in [5, 5.41) is 0.468. The number of Topliss-reactive ketones (excluding diaryl/α,β-unsaturated/α-hetero) is 1. The van der Waals surface area contributed by atoms with E-state index in [1.807, 2.05) is 31.2 Å². The first kappa shape index (κ1) is 18.5. The summed E-state index contributed by atoms with van der Waals surface area (Å²) in [6.45, 7) is 2.72. The minimum atomic E-state index is -0.638. The van der Waals surface area contributed by atoms with E-state index < -0.39 is 17.9 Å². The fraction of sp³-hybridized carbons (Fsp3) is 0.348. The zero-order valence-corrected chi connectivity index (χ0v) is 16.8. The lowest BCUT2D eigenvalue weighted by Gasteiger charge is -2.27. The van der Waals surface area contributed by atoms with Crippen LogP contribution in [0, 0.1) is 18.8 Å². The fourth-order valence-corrected chi connectivity index (χ4v) is 5.46. The van der Waals surface area contributed by atoms with Crippen molar-refractivity contribution >= 4 is 34.9 Å². The van der Waals surface area contributed by atoms with E-state index in [4.69, 9.17) is 11.6 Å². The van der Waals surface area contributed by atoms with Crippen LogP contribution >= 0.6 is 11.6 Å². The number of halogens is 1. The van der Waals surface area contributed by atoms with E-state index in [0.717, 1.165) is 24.9 Å². The smallest absolute Gasteiger partial charge is 0.239 e. The molecule has 0 bridgehead atoms. The van der Waals surface area contributed by atoms with Crippen molar-refractivity contribution in [3.63, 3.8) is 0 Å². The number of nitrogens with zero attached hydrogens (tertiary/aromatic N) is 2. The van der Waals surface area contributed by atoms with Crippen LogP contribution in [-0.2, 0) is 9.59 Å². The second-order valence-electron chi connectivity index (χ2n) is 8.17. The van der Waals surface area contributed by atoms with Crippen LogP contribution in [0.1, 0.15) is 28.8 Å². The van der Waals surface area contributed by atoms with Crippen molar-refractivity contribution in [3.8, 4) is 0 Å². The Morgan fingerprint density at radius 1 is 1.03 bits per heavy atom. The highest BCUT2D eigenvalue weighted by Crippen LogP contribution is 2.48. The quantitative estimate of drug-likeness (QED) is 0.576. The molecule has 3 fully saturated rings. The third-order valence-corrected chi connectivity index (χ3v) is 6.76. The summed E-state index contributed by atoms with van der Waals surface area (Å²) in [6.07, 6.45) is 1.77. The van der Waals surface area contributed by atoms with Crippen LogP contribution in [-0.4, -0.2) is 41.1 Å². The Labute approximate surface area is 174 Å². The zero-order valence-electron chi connectivity index (χ0n) is 16.0. The molecule has 0 aliphatic carbocycles. The van der Waals surface area contributed by atoms with Crippen molar-refractivity contribution < 1.29 is 14.4 Å². The van der Waals surface area contributed by atoms with Crippen molar-refractivity contribution in [2.75, 3.05) is 11.4 Å². The van der Waals surface area contributed by atoms with Gasteiger partial charge in [-0.2, -0.15) is 0 Å². The molecule has 3 aliphatic rings. The number of fused-ring (bicyclic) bond motifs is 3. The lowest BCUT2D eigenvalue weighted by Crippen LogP contribution is -2.46. The van der Waals surface area contributed by atoms with Crippen LogP contribution in [0.25, 0.3) is 0 Å². The minimum absolute atomic E-state index is 0.0555. The summed E-state index contributed by atoms with van der Waals surface area (Å²) < 4.78 is 0.